The Balaban J connectivity index is 1.70. The first-order valence-corrected chi connectivity index (χ1v) is 13.6. The van der Waals surface area contributed by atoms with E-state index in [-0.39, 0.29) is 10.7 Å². The summed E-state index contributed by atoms with van der Waals surface area (Å²) in [5, 5.41) is 3.13. The van der Waals surface area contributed by atoms with E-state index in [9.17, 15) is 17.6 Å². The van der Waals surface area contributed by atoms with Crippen molar-refractivity contribution in [2.75, 3.05) is 23.1 Å². The van der Waals surface area contributed by atoms with E-state index in [4.69, 9.17) is 11.6 Å². The Labute approximate surface area is 209 Å². The first-order chi connectivity index (χ1) is 16.2. The molecular formula is C25H26ClFN2O3S2. The molecule has 0 radical (unpaired) electrons. The van der Waals surface area contributed by atoms with Crippen molar-refractivity contribution in [1.29, 1.82) is 0 Å². The second-order valence-corrected chi connectivity index (χ2v) is 11.2. The van der Waals surface area contributed by atoms with Crippen LogP contribution in [0.4, 0.5) is 10.1 Å². The third-order valence-corrected chi connectivity index (χ3v) is 8.14. The zero-order chi connectivity index (χ0) is 24.7. The van der Waals surface area contributed by atoms with E-state index in [1.54, 1.807) is 55.5 Å². The van der Waals surface area contributed by atoms with Crippen molar-refractivity contribution in [3.8, 4) is 0 Å². The Hall–Kier alpha value is -2.55. The predicted octanol–water partition coefficient (Wildman–Crippen LogP) is 5.34. The molecule has 0 aliphatic rings. The molecule has 1 amide bonds. The summed E-state index contributed by atoms with van der Waals surface area (Å²) in [5.41, 5.74) is 2.55. The normalized spacial score (nSPS) is 11.3. The van der Waals surface area contributed by atoms with Crippen molar-refractivity contribution in [3.05, 3.63) is 94.3 Å². The van der Waals surface area contributed by atoms with Gasteiger partial charge < -0.3 is 5.32 Å². The summed E-state index contributed by atoms with van der Waals surface area (Å²) in [6.45, 7) is 3.56. The highest BCUT2D eigenvalue weighted by molar-refractivity contribution is 7.98. The molecule has 0 spiro atoms. The van der Waals surface area contributed by atoms with Crippen LogP contribution in [0.3, 0.4) is 0 Å². The van der Waals surface area contributed by atoms with Crippen LogP contribution in [0.2, 0.25) is 5.02 Å². The van der Waals surface area contributed by atoms with Crippen LogP contribution in [0, 0.1) is 19.7 Å². The van der Waals surface area contributed by atoms with Gasteiger partial charge in [0.25, 0.3) is 10.0 Å². The molecule has 3 aromatic rings. The second-order valence-electron chi connectivity index (χ2n) is 7.75. The monoisotopic (exact) mass is 520 g/mol. The Morgan fingerprint density at radius 3 is 2.47 bits per heavy atom. The number of rotatable bonds is 10. The number of carbonyl (C=O) groups is 1. The van der Waals surface area contributed by atoms with Crippen molar-refractivity contribution < 1.29 is 17.6 Å². The lowest BCUT2D eigenvalue weighted by atomic mass is 10.2. The lowest BCUT2D eigenvalue weighted by Crippen LogP contribution is -2.41. The fourth-order valence-corrected chi connectivity index (χ4v) is 5.72. The molecule has 180 valence electrons. The number of hydrogen-bond donors (Lipinski definition) is 1. The van der Waals surface area contributed by atoms with Crippen LogP contribution < -0.4 is 9.62 Å². The number of nitrogens with one attached hydrogen (secondary N) is 1. The summed E-state index contributed by atoms with van der Waals surface area (Å²) in [7, 11) is -4.01. The molecule has 0 unspecified atom stereocenters. The number of halogens is 2. The van der Waals surface area contributed by atoms with Gasteiger partial charge in [0.2, 0.25) is 5.91 Å². The minimum Gasteiger partial charge on any atom is -0.354 e. The number of anilines is 1. The quantitative estimate of drug-likeness (QED) is 0.366. The van der Waals surface area contributed by atoms with Gasteiger partial charge in [-0.1, -0.05) is 53.6 Å². The number of benzene rings is 3. The molecule has 0 heterocycles. The van der Waals surface area contributed by atoms with E-state index < -0.39 is 22.5 Å². The van der Waals surface area contributed by atoms with Crippen LogP contribution in [-0.2, 0) is 20.6 Å². The van der Waals surface area contributed by atoms with Gasteiger partial charge in [0.05, 0.1) is 10.6 Å². The maximum atomic E-state index is 13.7. The molecule has 0 bridgehead atoms. The van der Waals surface area contributed by atoms with Crippen molar-refractivity contribution in [2.45, 2.75) is 24.5 Å². The largest absolute Gasteiger partial charge is 0.354 e. The number of thioether (sulfide) groups is 1. The molecule has 1 N–H and O–H groups in total. The Morgan fingerprint density at radius 1 is 1.06 bits per heavy atom. The highest BCUT2D eigenvalue weighted by Gasteiger charge is 2.28. The average Bonchev–Trinajstić information content (AvgIpc) is 2.80. The minimum atomic E-state index is -4.01. The van der Waals surface area contributed by atoms with Gasteiger partial charge in [-0.05, 0) is 55.3 Å². The summed E-state index contributed by atoms with van der Waals surface area (Å²) < 4.78 is 41.7. The number of sulfonamides is 1. The lowest BCUT2D eigenvalue weighted by molar-refractivity contribution is -0.119. The average molecular weight is 521 g/mol. The lowest BCUT2D eigenvalue weighted by Gasteiger charge is -2.26. The number of amides is 1. The smallest absolute Gasteiger partial charge is 0.264 e. The minimum absolute atomic E-state index is 0.0886. The van der Waals surface area contributed by atoms with Crippen LogP contribution >= 0.6 is 23.4 Å². The summed E-state index contributed by atoms with van der Waals surface area (Å²) in [4.78, 5) is 12.8. The number of nitrogens with zero attached hydrogens (tertiary/aromatic N) is 1. The molecule has 9 heteroatoms. The molecule has 0 atom stereocenters. The van der Waals surface area contributed by atoms with E-state index in [2.05, 4.69) is 5.32 Å². The first-order valence-electron chi connectivity index (χ1n) is 10.6. The van der Waals surface area contributed by atoms with Gasteiger partial charge in [0.1, 0.15) is 12.4 Å². The highest BCUT2D eigenvalue weighted by atomic mass is 35.5. The van der Waals surface area contributed by atoms with Crippen molar-refractivity contribution >= 4 is 45.0 Å². The second kappa shape index (κ2) is 11.7. The van der Waals surface area contributed by atoms with Gasteiger partial charge in [-0.15, -0.1) is 0 Å². The number of aryl methyl sites for hydroxylation is 2. The summed E-state index contributed by atoms with van der Waals surface area (Å²) >= 11 is 7.62. The first kappa shape index (κ1) is 26.1. The molecule has 0 aromatic heterocycles. The summed E-state index contributed by atoms with van der Waals surface area (Å²) in [6, 6.07) is 18.0. The maximum Gasteiger partial charge on any atom is 0.264 e. The highest BCUT2D eigenvalue weighted by Crippen LogP contribution is 2.29. The molecule has 5 nitrogen and oxygen atoms in total. The van der Waals surface area contributed by atoms with Crippen LogP contribution in [0.5, 0.6) is 0 Å². The van der Waals surface area contributed by atoms with Gasteiger partial charge in [-0.3, -0.25) is 9.10 Å². The zero-order valence-corrected chi connectivity index (χ0v) is 21.3. The fraction of sp³-hybridized carbons (Fsp3) is 0.240. The van der Waals surface area contributed by atoms with Crippen molar-refractivity contribution in [2.24, 2.45) is 0 Å². The standard InChI is InChI=1S/C25H26ClFN2O3S2/c1-18-7-11-22(12-8-18)34(31,32)29(24-15-21(26)10-9-19(24)2)16-25(30)28-13-14-33-17-20-5-3-4-6-23(20)27/h3-12,15H,13-14,16-17H2,1-2H3,(H,28,30). The van der Waals surface area contributed by atoms with Crippen LogP contribution in [-0.4, -0.2) is 33.2 Å². The summed E-state index contributed by atoms with van der Waals surface area (Å²) in [5.74, 6) is 0.341. The topological polar surface area (TPSA) is 66.5 Å². The SMILES string of the molecule is Cc1ccc(S(=O)(=O)N(CC(=O)NCCSCc2ccccc2F)c2cc(Cl)ccc2C)cc1. The predicted molar refractivity (Wildman–Crippen MR) is 137 cm³/mol. The van der Waals surface area contributed by atoms with Gasteiger partial charge in [0.15, 0.2) is 0 Å². The van der Waals surface area contributed by atoms with Crippen molar-refractivity contribution in [1.82, 2.24) is 5.32 Å². The van der Waals surface area contributed by atoms with Crippen LogP contribution in [0.1, 0.15) is 16.7 Å². The maximum absolute atomic E-state index is 13.7. The molecule has 3 aromatic carbocycles. The van der Waals surface area contributed by atoms with E-state index in [1.807, 2.05) is 6.92 Å². The zero-order valence-electron chi connectivity index (χ0n) is 18.9. The third-order valence-electron chi connectivity index (χ3n) is 5.12. The van der Waals surface area contributed by atoms with E-state index in [1.165, 1.54) is 30.0 Å². The van der Waals surface area contributed by atoms with Gasteiger partial charge >= 0.3 is 0 Å². The third kappa shape index (κ3) is 6.74. The van der Waals surface area contributed by atoms with E-state index in [0.29, 0.717) is 39.9 Å². The Bertz CT molecular complexity index is 1250. The summed E-state index contributed by atoms with van der Waals surface area (Å²) in [6.07, 6.45) is 0. The molecular weight excluding hydrogens is 495 g/mol. The van der Waals surface area contributed by atoms with E-state index >= 15 is 0 Å². The molecule has 0 aliphatic carbocycles. The molecule has 0 fully saturated rings. The molecule has 0 saturated heterocycles. The van der Waals surface area contributed by atoms with E-state index in [0.717, 1.165) is 9.87 Å². The number of carbonyl (C=O) groups excluding carboxylic acids is 1. The van der Waals surface area contributed by atoms with Crippen LogP contribution in [0.25, 0.3) is 0 Å². The Kier molecular flexibility index (Phi) is 8.99. The van der Waals surface area contributed by atoms with Gasteiger partial charge in [-0.25, -0.2) is 12.8 Å². The molecule has 0 aliphatic heterocycles. The number of hydrogen-bond acceptors (Lipinski definition) is 4. The van der Waals surface area contributed by atoms with Crippen LogP contribution in [0.15, 0.2) is 71.6 Å². The molecule has 34 heavy (non-hydrogen) atoms. The van der Waals surface area contributed by atoms with Gasteiger partial charge in [-0.2, -0.15) is 11.8 Å². The van der Waals surface area contributed by atoms with Crippen molar-refractivity contribution in [3.63, 3.8) is 0 Å². The molecule has 0 saturated carbocycles. The van der Waals surface area contributed by atoms with Gasteiger partial charge in [0, 0.05) is 23.1 Å². The molecule has 3 rings (SSSR count). The fourth-order valence-electron chi connectivity index (χ4n) is 3.23. The Morgan fingerprint density at radius 2 is 1.76 bits per heavy atom.